The number of guanidine groups is 1. The van der Waals surface area contributed by atoms with Gasteiger partial charge in [-0.2, -0.15) is 0 Å². The van der Waals surface area contributed by atoms with Gasteiger partial charge < -0.3 is 10.6 Å². The first-order chi connectivity index (χ1) is 14.5. The third-order valence-electron chi connectivity index (χ3n) is 5.25. The van der Waals surface area contributed by atoms with Crippen LogP contribution in [0.5, 0.6) is 0 Å². The molecule has 1 aliphatic heterocycles. The summed E-state index contributed by atoms with van der Waals surface area (Å²) < 4.78 is 22.7. The maximum atomic E-state index is 11.4. The Balaban J connectivity index is 0.00000341. The molecule has 1 atom stereocenters. The van der Waals surface area contributed by atoms with Gasteiger partial charge in [-0.3, -0.25) is 4.90 Å². The number of nitrogens with zero attached hydrogens (tertiary/aromatic N) is 2. The van der Waals surface area contributed by atoms with E-state index in [1.54, 1.807) is 12.1 Å². The number of likely N-dealkylation sites (tertiary alicyclic amines) is 1. The standard InChI is InChI=1S/C22H31N5O2S.HI/c1-2-24-22(25-15-18-10-12-21(13-11-18)30(23,28)29)26-16-20-9-6-14-27(20)17-19-7-4-3-5-8-19;/h3-5,7-8,10-13,20H,2,6,9,14-17H2,1H3,(H2,23,28,29)(H2,24,25,26);1H. The maximum Gasteiger partial charge on any atom is 0.238 e. The fourth-order valence-electron chi connectivity index (χ4n) is 3.66. The third-order valence-corrected chi connectivity index (χ3v) is 6.18. The SMILES string of the molecule is CCNC(=NCc1ccc(S(N)(=O)=O)cc1)NCC1CCCN1Cc1ccccc1.I. The minimum atomic E-state index is -3.67. The van der Waals surface area contributed by atoms with Gasteiger partial charge in [0.05, 0.1) is 11.4 Å². The molecule has 4 N–H and O–H groups in total. The zero-order chi connectivity index (χ0) is 21.4. The van der Waals surface area contributed by atoms with Gasteiger partial charge in [-0.1, -0.05) is 42.5 Å². The number of aliphatic imine (C=N–C) groups is 1. The average Bonchev–Trinajstić information content (AvgIpc) is 3.17. The number of nitrogens with one attached hydrogen (secondary N) is 2. The molecular weight excluding hydrogens is 525 g/mol. The molecule has 1 unspecified atom stereocenters. The molecule has 3 rings (SSSR count). The fourth-order valence-corrected chi connectivity index (χ4v) is 4.18. The smallest absolute Gasteiger partial charge is 0.238 e. The normalized spacial score (nSPS) is 17.2. The summed E-state index contributed by atoms with van der Waals surface area (Å²) in [7, 11) is -3.67. The van der Waals surface area contributed by atoms with Crippen molar-refractivity contribution in [1.29, 1.82) is 0 Å². The lowest BCUT2D eigenvalue weighted by atomic mass is 10.2. The molecule has 0 aliphatic carbocycles. The first kappa shape index (κ1) is 25.6. The van der Waals surface area contributed by atoms with Crippen molar-refractivity contribution in [1.82, 2.24) is 15.5 Å². The predicted molar refractivity (Wildman–Crippen MR) is 136 cm³/mol. The molecule has 7 nitrogen and oxygen atoms in total. The van der Waals surface area contributed by atoms with Crippen LogP contribution in [0.3, 0.4) is 0 Å². The largest absolute Gasteiger partial charge is 0.357 e. The van der Waals surface area contributed by atoms with Crippen molar-refractivity contribution in [3.8, 4) is 0 Å². The molecule has 0 radical (unpaired) electrons. The second-order valence-corrected chi connectivity index (χ2v) is 9.08. The van der Waals surface area contributed by atoms with Gasteiger partial charge in [0.25, 0.3) is 0 Å². The topological polar surface area (TPSA) is 99.8 Å². The summed E-state index contributed by atoms with van der Waals surface area (Å²) in [4.78, 5) is 7.28. The monoisotopic (exact) mass is 557 g/mol. The molecule has 31 heavy (non-hydrogen) atoms. The highest BCUT2D eigenvalue weighted by atomic mass is 127. The molecule has 1 fully saturated rings. The van der Waals surface area contributed by atoms with E-state index in [0.29, 0.717) is 12.6 Å². The first-order valence-electron chi connectivity index (χ1n) is 10.4. The van der Waals surface area contributed by atoms with Gasteiger partial charge in [-0.05, 0) is 49.6 Å². The zero-order valence-electron chi connectivity index (χ0n) is 17.8. The lowest BCUT2D eigenvalue weighted by Crippen LogP contribution is -2.44. The van der Waals surface area contributed by atoms with Crippen LogP contribution in [0.15, 0.2) is 64.5 Å². The summed E-state index contributed by atoms with van der Waals surface area (Å²) in [5.74, 6) is 0.764. The minimum absolute atomic E-state index is 0. The molecule has 0 aromatic heterocycles. The summed E-state index contributed by atoms with van der Waals surface area (Å²) in [5, 5.41) is 11.9. The third kappa shape index (κ3) is 8.06. The molecule has 170 valence electrons. The second kappa shape index (κ2) is 12.4. The zero-order valence-corrected chi connectivity index (χ0v) is 21.0. The van der Waals surface area contributed by atoms with Crippen LogP contribution in [0, 0.1) is 0 Å². The molecule has 0 saturated carbocycles. The summed E-state index contributed by atoms with van der Waals surface area (Å²) in [5.41, 5.74) is 2.26. The maximum absolute atomic E-state index is 11.4. The van der Waals surface area contributed by atoms with Crippen molar-refractivity contribution in [3.63, 3.8) is 0 Å². The van der Waals surface area contributed by atoms with E-state index in [1.165, 1.54) is 30.5 Å². The summed E-state index contributed by atoms with van der Waals surface area (Å²) >= 11 is 0. The van der Waals surface area contributed by atoms with E-state index >= 15 is 0 Å². The van der Waals surface area contributed by atoms with Crippen molar-refractivity contribution < 1.29 is 8.42 Å². The minimum Gasteiger partial charge on any atom is -0.357 e. The van der Waals surface area contributed by atoms with Gasteiger partial charge in [0.15, 0.2) is 5.96 Å². The number of halogens is 1. The highest BCUT2D eigenvalue weighted by Crippen LogP contribution is 2.19. The van der Waals surface area contributed by atoms with Crippen LogP contribution in [-0.2, 0) is 23.1 Å². The molecule has 1 saturated heterocycles. The van der Waals surface area contributed by atoms with Crippen LogP contribution >= 0.6 is 24.0 Å². The highest BCUT2D eigenvalue weighted by Gasteiger charge is 2.24. The van der Waals surface area contributed by atoms with E-state index in [1.807, 2.05) is 13.0 Å². The van der Waals surface area contributed by atoms with E-state index in [0.717, 1.165) is 37.7 Å². The number of hydrogen-bond acceptors (Lipinski definition) is 4. The number of benzene rings is 2. The van der Waals surface area contributed by atoms with E-state index in [-0.39, 0.29) is 28.9 Å². The Morgan fingerprint density at radius 2 is 1.81 bits per heavy atom. The van der Waals surface area contributed by atoms with E-state index < -0.39 is 10.0 Å². The Kier molecular flexibility index (Phi) is 10.2. The van der Waals surface area contributed by atoms with Gasteiger partial charge in [0, 0.05) is 25.7 Å². The molecule has 0 amide bonds. The number of hydrogen-bond donors (Lipinski definition) is 3. The lowest BCUT2D eigenvalue weighted by Gasteiger charge is -2.25. The first-order valence-corrected chi connectivity index (χ1v) is 11.9. The van der Waals surface area contributed by atoms with Gasteiger partial charge in [-0.15, -0.1) is 24.0 Å². The quantitative estimate of drug-likeness (QED) is 0.264. The predicted octanol–water partition coefficient (Wildman–Crippen LogP) is 2.67. The molecule has 1 heterocycles. The average molecular weight is 558 g/mol. The molecule has 9 heteroatoms. The number of sulfonamides is 1. The van der Waals surface area contributed by atoms with Crippen molar-refractivity contribution in [2.45, 2.75) is 43.8 Å². The number of rotatable bonds is 8. The molecule has 2 aromatic carbocycles. The van der Waals surface area contributed by atoms with Crippen LogP contribution in [0.4, 0.5) is 0 Å². The van der Waals surface area contributed by atoms with Gasteiger partial charge in [0.2, 0.25) is 10.0 Å². The molecule has 0 spiro atoms. The number of primary sulfonamides is 1. The Labute approximate surface area is 202 Å². The second-order valence-electron chi connectivity index (χ2n) is 7.52. The summed E-state index contributed by atoms with van der Waals surface area (Å²) in [6, 6.07) is 17.6. The molecule has 2 aromatic rings. The molecular formula is C22H32IN5O2S. The van der Waals surface area contributed by atoms with Crippen LogP contribution in [-0.4, -0.2) is 45.0 Å². The van der Waals surface area contributed by atoms with E-state index in [2.05, 4.69) is 44.8 Å². The number of nitrogens with two attached hydrogens (primary N) is 1. The van der Waals surface area contributed by atoms with Crippen LogP contribution in [0.2, 0.25) is 0 Å². The Morgan fingerprint density at radius 1 is 1.10 bits per heavy atom. The summed E-state index contributed by atoms with van der Waals surface area (Å²) in [6.07, 6.45) is 2.39. The van der Waals surface area contributed by atoms with Crippen LogP contribution in [0.25, 0.3) is 0 Å². The van der Waals surface area contributed by atoms with Crippen molar-refractivity contribution in [2.24, 2.45) is 10.1 Å². The highest BCUT2D eigenvalue weighted by molar-refractivity contribution is 14.0. The van der Waals surface area contributed by atoms with E-state index in [4.69, 9.17) is 5.14 Å². The van der Waals surface area contributed by atoms with Crippen LogP contribution in [0.1, 0.15) is 30.9 Å². The van der Waals surface area contributed by atoms with Crippen molar-refractivity contribution in [3.05, 3.63) is 65.7 Å². The van der Waals surface area contributed by atoms with Crippen molar-refractivity contribution >= 4 is 40.0 Å². The molecule has 0 bridgehead atoms. The molecule has 1 aliphatic rings. The van der Waals surface area contributed by atoms with Crippen molar-refractivity contribution in [2.75, 3.05) is 19.6 Å². The van der Waals surface area contributed by atoms with Gasteiger partial charge in [0.1, 0.15) is 0 Å². The van der Waals surface area contributed by atoms with Gasteiger partial charge in [-0.25, -0.2) is 18.5 Å². The van der Waals surface area contributed by atoms with Crippen LogP contribution < -0.4 is 15.8 Å². The van der Waals surface area contributed by atoms with E-state index in [9.17, 15) is 8.42 Å². The Morgan fingerprint density at radius 3 is 2.45 bits per heavy atom. The Bertz CT molecular complexity index is 936. The summed E-state index contributed by atoms with van der Waals surface area (Å²) in [6.45, 7) is 6.19. The van der Waals surface area contributed by atoms with Gasteiger partial charge >= 0.3 is 0 Å². The Hall–Kier alpha value is -1.69. The lowest BCUT2D eigenvalue weighted by molar-refractivity contribution is 0.245. The fraction of sp³-hybridized carbons (Fsp3) is 0.409.